The summed E-state index contributed by atoms with van der Waals surface area (Å²) < 4.78 is 36.2. The van der Waals surface area contributed by atoms with Crippen LogP contribution >= 0.6 is 0 Å². The normalized spacial score (nSPS) is 27.7. The van der Waals surface area contributed by atoms with Crippen LogP contribution in [-0.4, -0.2) is 12.0 Å². The van der Waals surface area contributed by atoms with Gasteiger partial charge in [-0.25, -0.2) is 0 Å². The maximum atomic E-state index is 12.1. The number of alkyl halides is 3. The molecule has 0 N–H and O–H groups in total. The summed E-state index contributed by atoms with van der Waals surface area (Å²) in [6.45, 7) is 1.95. The lowest BCUT2D eigenvalue weighted by atomic mass is 9.75. The quantitative estimate of drug-likeness (QED) is 0.711. The third kappa shape index (κ3) is 3.84. The predicted octanol–water partition coefficient (Wildman–Crippen LogP) is 3.72. The molecule has 88 valence electrons. The Kier molecular flexibility index (Phi) is 4.17. The Morgan fingerprint density at radius 3 is 2.40 bits per heavy atom. The molecule has 0 spiro atoms. The highest BCUT2D eigenvalue weighted by atomic mass is 19.4. The summed E-state index contributed by atoms with van der Waals surface area (Å²) in [5.41, 5.74) is 0. The SMILES string of the molecule is CCC1CCCCC1C(=O)CC(F)(F)F. The summed E-state index contributed by atoms with van der Waals surface area (Å²) in [6, 6.07) is 0. The molecule has 2 atom stereocenters. The summed E-state index contributed by atoms with van der Waals surface area (Å²) in [6.07, 6.45) is -1.27. The molecule has 0 radical (unpaired) electrons. The molecule has 0 bridgehead atoms. The van der Waals surface area contributed by atoms with E-state index in [4.69, 9.17) is 0 Å². The molecule has 0 aromatic heterocycles. The van der Waals surface area contributed by atoms with Crippen molar-refractivity contribution in [2.45, 2.75) is 51.6 Å². The van der Waals surface area contributed by atoms with Crippen LogP contribution in [0.1, 0.15) is 45.4 Å². The molecule has 1 aliphatic carbocycles. The van der Waals surface area contributed by atoms with Crippen molar-refractivity contribution < 1.29 is 18.0 Å². The van der Waals surface area contributed by atoms with E-state index in [1.165, 1.54) is 0 Å². The number of hydrogen-bond acceptors (Lipinski definition) is 1. The summed E-state index contributed by atoms with van der Waals surface area (Å²) in [5, 5.41) is 0. The van der Waals surface area contributed by atoms with Crippen molar-refractivity contribution >= 4 is 5.78 Å². The van der Waals surface area contributed by atoms with Crippen LogP contribution in [0.3, 0.4) is 0 Å². The molecule has 2 unspecified atom stereocenters. The van der Waals surface area contributed by atoms with Gasteiger partial charge in [0.05, 0.1) is 0 Å². The first-order valence-corrected chi connectivity index (χ1v) is 5.53. The lowest BCUT2D eigenvalue weighted by molar-refractivity contribution is -0.157. The summed E-state index contributed by atoms with van der Waals surface area (Å²) in [4.78, 5) is 11.5. The Balaban J connectivity index is 2.56. The highest BCUT2D eigenvalue weighted by Crippen LogP contribution is 2.35. The topological polar surface area (TPSA) is 17.1 Å². The third-order valence-electron chi connectivity index (χ3n) is 3.22. The molecule has 1 saturated carbocycles. The Hall–Kier alpha value is -0.540. The van der Waals surface area contributed by atoms with E-state index in [2.05, 4.69) is 0 Å². The van der Waals surface area contributed by atoms with Crippen molar-refractivity contribution in [2.24, 2.45) is 11.8 Å². The molecule has 0 aromatic carbocycles. The molecule has 15 heavy (non-hydrogen) atoms. The Morgan fingerprint density at radius 1 is 1.27 bits per heavy atom. The van der Waals surface area contributed by atoms with Gasteiger partial charge in [-0.15, -0.1) is 0 Å². The molecular formula is C11H17F3O. The van der Waals surface area contributed by atoms with Crippen molar-refractivity contribution in [3.05, 3.63) is 0 Å². The van der Waals surface area contributed by atoms with Crippen molar-refractivity contribution in [3.63, 3.8) is 0 Å². The first-order chi connectivity index (χ1) is 6.94. The van der Waals surface area contributed by atoms with Gasteiger partial charge in [0.25, 0.3) is 0 Å². The van der Waals surface area contributed by atoms with Gasteiger partial charge >= 0.3 is 6.18 Å². The smallest absolute Gasteiger partial charge is 0.299 e. The van der Waals surface area contributed by atoms with Gasteiger partial charge in [0.2, 0.25) is 0 Å². The molecule has 0 saturated heterocycles. The van der Waals surface area contributed by atoms with Gasteiger partial charge in [0, 0.05) is 5.92 Å². The number of Topliss-reactive ketones (excluding diaryl/α,β-unsaturated/α-hetero) is 1. The number of carbonyl (C=O) groups is 1. The lowest BCUT2D eigenvalue weighted by Crippen LogP contribution is -2.30. The Bertz CT molecular complexity index is 222. The predicted molar refractivity (Wildman–Crippen MR) is 51.4 cm³/mol. The molecule has 1 fully saturated rings. The number of halogens is 3. The van der Waals surface area contributed by atoms with Crippen LogP contribution in [0.4, 0.5) is 13.2 Å². The fourth-order valence-corrected chi connectivity index (χ4v) is 2.45. The van der Waals surface area contributed by atoms with Gasteiger partial charge in [-0.1, -0.05) is 26.2 Å². The lowest BCUT2D eigenvalue weighted by Gasteiger charge is -2.29. The zero-order valence-corrected chi connectivity index (χ0v) is 8.94. The maximum absolute atomic E-state index is 12.1. The van der Waals surface area contributed by atoms with E-state index in [-0.39, 0.29) is 11.8 Å². The summed E-state index contributed by atoms with van der Waals surface area (Å²) in [7, 11) is 0. The van der Waals surface area contributed by atoms with Gasteiger partial charge in [0.15, 0.2) is 0 Å². The molecule has 1 aliphatic rings. The number of hydrogen-bond donors (Lipinski definition) is 0. The van der Waals surface area contributed by atoms with Crippen molar-refractivity contribution in [3.8, 4) is 0 Å². The van der Waals surface area contributed by atoms with Crippen LogP contribution in [0.2, 0.25) is 0 Å². The van der Waals surface area contributed by atoms with Gasteiger partial charge in [-0.3, -0.25) is 4.79 Å². The van der Waals surface area contributed by atoms with Crippen LogP contribution in [0.15, 0.2) is 0 Å². The van der Waals surface area contributed by atoms with Crippen LogP contribution < -0.4 is 0 Å². The van der Waals surface area contributed by atoms with Crippen molar-refractivity contribution in [1.29, 1.82) is 0 Å². The Morgan fingerprint density at radius 2 is 1.87 bits per heavy atom. The minimum absolute atomic E-state index is 0.175. The van der Waals surface area contributed by atoms with Crippen LogP contribution in [0.25, 0.3) is 0 Å². The second-order valence-electron chi connectivity index (χ2n) is 4.32. The van der Waals surface area contributed by atoms with Crippen LogP contribution in [0, 0.1) is 11.8 Å². The van der Waals surface area contributed by atoms with E-state index >= 15 is 0 Å². The highest BCUT2D eigenvalue weighted by molar-refractivity contribution is 5.82. The highest BCUT2D eigenvalue weighted by Gasteiger charge is 2.37. The van der Waals surface area contributed by atoms with Gasteiger partial charge < -0.3 is 0 Å². The summed E-state index contributed by atoms with van der Waals surface area (Å²) >= 11 is 0. The number of carbonyl (C=O) groups excluding carboxylic acids is 1. The third-order valence-corrected chi connectivity index (χ3v) is 3.22. The minimum atomic E-state index is -4.34. The first kappa shape index (κ1) is 12.5. The maximum Gasteiger partial charge on any atom is 0.395 e. The fraction of sp³-hybridized carbons (Fsp3) is 0.909. The van der Waals surface area contributed by atoms with Gasteiger partial charge in [-0.05, 0) is 18.8 Å². The monoisotopic (exact) mass is 222 g/mol. The molecule has 1 nitrogen and oxygen atoms in total. The second kappa shape index (κ2) is 4.99. The van der Waals surface area contributed by atoms with Crippen LogP contribution in [0.5, 0.6) is 0 Å². The average Bonchev–Trinajstić information content (AvgIpc) is 2.15. The molecule has 0 heterocycles. The van der Waals surface area contributed by atoms with Crippen molar-refractivity contribution in [2.75, 3.05) is 0 Å². The number of rotatable bonds is 3. The molecule has 0 aromatic rings. The van der Waals surface area contributed by atoms with E-state index in [0.717, 1.165) is 25.7 Å². The van der Waals surface area contributed by atoms with E-state index in [9.17, 15) is 18.0 Å². The van der Waals surface area contributed by atoms with Gasteiger partial charge in [0.1, 0.15) is 12.2 Å². The molecular weight excluding hydrogens is 205 g/mol. The summed E-state index contributed by atoms with van der Waals surface area (Å²) in [5.74, 6) is -0.770. The van der Waals surface area contributed by atoms with E-state index in [0.29, 0.717) is 6.42 Å². The van der Waals surface area contributed by atoms with E-state index in [1.54, 1.807) is 0 Å². The minimum Gasteiger partial charge on any atom is -0.299 e. The second-order valence-corrected chi connectivity index (χ2v) is 4.32. The standard InChI is InChI=1S/C11H17F3O/c1-2-8-5-3-4-6-9(8)10(15)7-11(12,13)14/h8-9H,2-7H2,1H3. The van der Waals surface area contributed by atoms with E-state index < -0.39 is 18.4 Å². The van der Waals surface area contributed by atoms with Gasteiger partial charge in [-0.2, -0.15) is 13.2 Å². The average molecular weight is 222 g/mol. The number of ketones is 1. The first-order valence-electron chi connectivity index (χ1n) is 5.53. The molecule has 1 rings (SSSR count). The molecule has 0 amide bonds. The fourth-order valence-electron chi connectivity index (χ4n) is 2.45. The molecule has 0 aliphatic heterocycles. The Labute approximate surface area is 88.0 Å². The zero-order valence-electron chi connectivity index (χ0n) is 8.94. The van der Waals surface area contributed by atoms with E-state index in [1.807, 2.05) is 6.92 Å². The van der Waals surface area contributed by atoms with Crippen LogP contribution in [-0.2, 0) is 4.79 Å². The largest absolute Gasteiger partial charge is 0.395 e. The molecule has 4 heteroatoms. The van der Waals surface area contributed by atoms with Crippen molar-refractivity contribution in [1.82, 2.24) is 0 Å². The zero-order chi connectivity index (χ0) is 11.5.